The lowest BCUT2D eigenvalue weighted by molar-refractivity contribution is -0.139. The summed E-state index contributed by atoms with van der Waals surface area (Å²) in [6, 6.07) is 4.33. The predicted octanol–water partition coefficient (Wildman–Crippen LogP) is 2.92. The van der Waals surface area contributed by atoms with Crippen molar-refractivity contribution in [2.45, 2.75) is 40.2 Å². The van der Waals surface area contributed by atoms with E-state index in [1.807, 2.05) is 45.9 Å². The van der Waals surface area contributed by atoms with Crippen LogP contribution in [0.5, 0.6) is 0 Å². The van der Waals surface area contributed by atoms with Gasteiger partial charge < -0.3 is 15.7 Å². The van der Waals surface area contributed by atoms with Crippen LogP contribution in [0, 0.1) is 19.8 Å². The number of rotatable bonds is 5. The second kappa shape index (κ2) is 6.93. The molecule has 0 aromatic heterocycles. The van der Waals surface area contributed by atoms with Gasteiger partial charge in [-0.15, -0.1) is 0 Å². The van der Waals surface area contributed by atoms with E-state index >= 15 is 0 Å². The smallest absolute Gasteiger partial charge is 0.326 e. The molecule has 110 valence electrons. The molecule has 0 saturated heterocycles. The topological polar surface area (TPSA) is 78.4 Å². The zero-order chi connectivity index (χ0) is 15.3. The second-order valence-electron chi connectivity index (χ2n) is 5.39. The molecule has 1 unspecified atom stereocenters. The van der Waals surface area contributed by atoms with Crippen LogP contribution >= 0.6 is 0 Å². The molecule has 5 heteroatoms. The zero-order valence-electron chi connectivity index (χ0n) is 12.4. The lowest BCUT2D eigenvalue weighted by Crippen LogP contribution is -2.43. The standard InChI is InChI=1S/C15H22N2O3/c1-9(2)8-12(14(18)19)16-15(20)17-13-10(3)6-5-7-11(13)4/h5-7,9,12H,8H2,1-4H3,(H,18,19)(H2,16,17,20). The number of hydrogen-bond donors (Lipinski definition) is 3. The number of para-hydroxylation sites is 1. The summed E-state index contributed by atoms with van der Waals surface area (Å²) in [5.41, 5.74) is 2.60. The number of aryl methyl sites for hydroxylation is 2. The minimum atomic E-state index is -1.02. The Balaban J connectivity index is 2.73. The van der Waals surface area contributed by atoms with Gasteiger partial charge in [0.2, 0.25) is 0 Å². The fourth-order valence-electron chi connectivity index (χ4n) is 2.01. The molecule has 20 heavy (non-hydrogen) atoms. The zero-order valence-corrected chi connectivity index (χ0v) is 12.4. The first-order chi connectivity index (χ1) is 9.31. The van der Waals surface area contributed by atoms with Crippen molar-refractivity contribution in [1.29, 1.82) is 0 Å². The number of urea groups is 1. The number of benzene rings is 1. The molecule has 0 heterocycles. The maximum Gasteiger partial charge on any atom is 0.326 e. The first-order valence-corrected chi connectivity index (χ1v) is 6.67. The molecule has 1 atom stereocenters. The summed E-state index contributed by atoms with van der Waals surface area (Å²) in [5, 5.41) is 14.3. The van der Waals surface area contributed by atoms with Crippen LogP contribution < -0.4 is 10.6 Å². The van der Waals surface area contributed by atoms with Crippen molar-refractivity contribution in [2.24, 2.45) is 5.92 Å². The molecule has 0 radical (unpaired) electrons. The molecule has 2 amide bonds. The van der Waals surface area contributed by atoms with E-state index in [1.165, 1.54) is 0 Å². The third-order valence-electron chi connectivity index (χ3n) is 3.03. The Morgan fingerprint density at radius 3 is 2.20 bits per heavy atom. The fraction of sp³-hybridized carbons (Fsp3) is 0.467. The third-order valence-corrected chi connectivity index (χ3v) is 3.03. The van der Waals surface area contributed by atoms with Crippen LogP contribution in [0.15, 0.2) is 18.2 Å². The SMILES string of the molecule is Cc1cccc(C)c1NC(=O)NC(CC(C)C)C(=O)O. The van der Waals surface area contributed by atoms with E-state index in [0.29, 0.717) is 6.42 Å². The Bertz CT molecular complexity index is 478. The first-order valence-electron chi connectivity index (χ1n) is 6.67. The van der Waals surface area contributed by atoms with Gasteiger partial charge in [-0.1, -0.05) is 32.0 Å². The van der Waals surface area contributed by atoms with Gasteiger partial charge in [0.25, 0.3) is 0 Å². The average molecular weight is 278 g/mol. The van der Waals surface area contributed by atoms with Gasteiger partial charge in [-0.3, -0.25) is 0 Å². The molecule has 0 fully saturated rings. The molecule has 1 aromatic rings. The third kappa shape index (κ3) is 4.57. The molecule has 0 bridgehead atoms. The summed E-state index contributed by atoms with van der Waals surface area (Å²) in [6.07, 6.45) is 0.398. The Kier molecular flexibility index (Phi) is 5.55. The summed E-state index contributed by atoms with van der Waals surface area (Å²) in [5.74, 6) is -0.827. The number of nitrogens with one attached hydrogen (secondary N) is 2. The highest BCUT2D eigenvalue weighted by molar-refractivity contribution is 5.93. The lowest BCUT2D eigenvalue weighted by atomic mass is 10.0. The Labute approximate surface area is 119 Å². The molecule has 5 nitrogen and oxygen atoms in total. The van der Waals surface area contributed by atoms with Crippen molar-refractivity contribution in [3.8, 4) is 0 Å². The molecule has 1 rings (SSSR count). The van der Waals surface area contributed by atoms with Crippen LogP contribution in [0.1, 0.15) is 31.4 Å². The molecule has 0 aliphatic carbocycles. The summed E-state index contributed by atoms with van der Waals surface area (Å²) in [4.78, 5) is 23.0. The molecular weight excluding hydrogens is 256 g/mol. The van der Waals surface area contributed by atoms with Crippen LogP contribution in [0.4, 0.5) is 10.5 Å². The number of carbonyl (C=O) groups excluding carboxylic acids is 1. The normalized spacial score (nSPS) is 12.1. The number of anilines is 1. The molecular formula is C15H22N2O3. The van der Waals surface area contributed by atoms with E-state index in [1.54, 1.807) is 0 Å². The van der Waals surface area contributed by atoms with Gasteiger partial charge in [0.15, 0.2) is 0 Å². The van der Waals surface area contributed by atoms with Gasteiger partial charge in [0, 0.05) is 5.69 Å². The van der Waals surface area contributed by atoms with Crippen molar-refractivity contribution < 1.29 is 14.7 Å². The van der Waals surface area contributed by atoms with Gasteiger partial charge >= 0.3 is 12.0 Å². The quantitative estimate of drug-likeness (QED) is 0.775. The van der Waals surface area contributed by atoms with Crippen molar-refractivity contribution in [3.05, 3.63) is 29.3 Å². The van der Waals surface area contributed by atoms with Gasteiger partial charge in [-0.05, 0) is 37.3 Å². The van der Waals surface area contributed by atoms with Crippen LogP contribution in [0.3, 0.4) is 0 Å². The van der Waals surface area contributed by atoms with E-state index in [2.05, 4.69) is 10.6 Å². The molecule has 0 aliphatic heterocycles. The Hall–Kier alpha value is -2.04. The fourth-order valence-corrected chi connectivity index (χ4v) is 2.01. The number of amides is 2. The average Bonchev–Trinajstić information content (AvgIpc) is 2.32. The van der Waals surface area contributed by atoms with Crippen LogP contribution in [-0.4, -0.2) is 23.1 Å². The minimum Gasteiger partial charge on any atom is -0.480 e. The van der Waals surface area contributed by atoms with Crippen LogP contribution in [-0.2, 0) is 4.79 Å². The van der Waals surface area contributed by atoms with Crippen molar-refractivity contribution in [3.63, 3.8) is 0 Å². The molecule has 0 spiro atoms. The van der Waals surface area contributed by atoms with E-state index in [-0.39, 0.29) is 5.92 Å². The maximum absolute atomic E-state index is 11.9. The highest BCUT2D eigenvalue weighted by Gasteiger charge is 2.21. The highest BCUT2D eigenvalue weighted by Crippen LogP contribution is 2.19. The molecule has 3 N–H and O–H groups in total. The van der Waals surface area contributed by atoms with Gasteiger partial charge in [0.05, 0.1) is 0 Å². The largest absolute Gasteiger partial charge is 0.480 e. The van der Waals surface area contributed by atoms with E-state index in [0.717, 1.165) is 16.8 Å². The highest BCUT2D eigenvalue weighted by atomic mass is 16.4. The lowest BCUT2D eigenvalue weighted by Gasteiger charge is -2.18. The number of aliphatic carboxylic acids is 1. The van der Waals surface area contributed by atoms with Gasteiger partial charge in [-0.2, -0.15) is 0 Å². The number of carbonyl (C=O) groups is 2. The second-order valence-corrected chi connectivity index (χ2v) is 5.39. The summed E-state index contributed by atoms with van der Waals surface area (Å²) >= 11 is 0. The monoisotopic (exact) mass is 278 g/mol. The van der Waals surface area contributed by atoms with Crippen LogP contribution in [0.2, 0.25) is 0 Å². The molecule has 0 aliphatic rings. The summed E-state index contributed by atoms with van der Waals surface area (Å²) in [6.45, 7) is 7.62. The van der Waals surface area contributed by atoms with Gasteiger partial charge in [-0.25, -0.2) is 9.59 Å². The van der Waals surface area contributed by atoms with Crippen molar-refractivity contribution in [2.75, 3.05) is 5.32 Å². The number of carboxylic acid groups (broad SMARTS) is 1. The number of carboxylic acids is 1. The Morgan fingerprint density at radius 2 is 1.75 bits per heavy atom. The van der Waals surface area contributed by atoms with Gasteiger partial charge in [0.1, 0.15) is 6.04 Å². The number of hydrogen-bond acceptors (Lipinski definition) is 2. The predicted molar refractivity (Wildman–Crippen MR) is 78.9 cm³/mol. The minimum absolute atomic E-state index is 0.191. The van der Waals surface area contributed by atoms with E-state index in [9.17, 15) is 9.59 Å². The van der Waals surface area contributed by atoms with E-state index < -0.39 is 18.0 Å². The Morgan fingerprint density at radius 1 is 1.20 bits per heavy atom. The molecule has 1 aromatic carbocycles. The maximum atomic E-state index is 11.9. The first kappa shape index (κ1) is 16.0. The summed E-state index contributed by atoms with van der Waals surface area (Å²) in [7, 11) is 0. The molecule has 0 saturated carbocycles. The van der Waals surface area contributed by atoms with Crippen LogP contribution in [0.25, 0.3) is 0 Å². The van der Waals surface area contributed by atoms with E-state index in [4.69, 9.17) is 5.11 Å². The van der Waals surface area contributed by atoms with Crippen molar-refractivity contribution in [1.82, 2.24) is 5.32 Å². The summed E-state index contributed by atoms with van der Waals surface area (Å²) < 4.78 is 0. The van der Waals surface area contributed by atoms with Crippen molar-refractivity contribution >= 4 is 17.7 Å².